The first-order valence-electron chi connectivity index (χ1n) is 10.1. The second kappa shape index (κ2) is 10.4. The summed E-state index contributed by atoms with van der Waals surface area (Å²) in [6.45, 7) is 2.65. The molecule has 0 aliphatic rings. The number of carbonyl (C=O) groups is 1. The third-order valence-electron chi connectivity index (χ3n) is 4.63. The number of nitrogens with two attached hydrogens (primary N) is 1. The van der Waals surface area contributed by atoms with Gasteiger partial charge < -0.3 is 15.8 Å². The fourth-order valence-electron chi connectivity index (χ4n) is 3.02. The zero-order chi connectivity index (χ0) is 23.1. The van der Waals surface area contributed by atoms with Gasteiger partial charge in [-0.2, -0.15) is 0 Å². The summed E-state index contributed by atoms with van der Waals surface area (Å²) in [6, 6.07) is 13.6. The number of hydrogen-bond donors (Lipinski definition) is 3. The van der Waals surface area contributed by atoms with Crippen LogP contribution in [-0.2, 0) is 10.0 Å². The number of fused-ring (bicyclic) bond motifs is 1. The molecule has 0 aliphatic heterocycles. The SMILES string of the molecule is C[C@H](CNC(=O)c1cc(=O)n2cc(OCCCN)ccc2c1)NS(=O)(=O)c1ccccc1. The maximum Gasteiger partial charge on any atom is 0.255 e. The lowest BCUT2D eigenvalue weighted by atomic mass is 10.2. The second-order valence-electron chi connectivity index (χ2n) is 7.28. The molecule has 0 spiro atoms. The fraction of sp³-hybridized carbons (Fsp3) is 0.273. The number of rotatable bonds is 10. The Morgan fingerprint density at radius 1 is 1.16 bits per heavy atom. The van der Waals surface area contributed by atoms with Crippen molar-refractivity contribution in [3.8, 4) is 5.75 Å². The minimum absolute atomic E-state index is 0.0538. The number of ether oxygens (including phenoxy) is 1. The van der Waals surface area contributed by atoms with Gasteiger partial charge in [0.2, 0.25) is 10.0 Å². The van der Waals surface area contributed by atoms with E-state index in [0.29, 0.717) is 30.8 Å². The van der Waals surface area contributed by atoms with Crippen LogP contribution in [0.1, 0.15) is 23.7 Å². The molecule has 0 unspecified atom stereocenters. The maximum absolute atomic E-state index is 12.5. The monoisotopic (exact) mass is 458 g/mol. The van der Waals surface area contributed by atoms with Crippen LogP contribution in [-0.4, -0.2) is 44.5 Å². The van der Waals surface area contributed by atoms with Crippen LogP contribution in [0.15, 0.2) is 70.5 Å². The molecule has 170 valence electrons. The van der Waals surface area contributed by atoms with Gasteiger partial charge in [0.15, 0.2) is 0 Å². The second-order valence-corrected chi connectivity index (χ2v) is 8.99. The maximum atomic E-state index is 12.5. The molecule has 1 atom stereocenters. The molecule has 1 aromatic carbocycles. The lowest BCUT2D eigenvalue weighted by Crippen LogP contribution is -2.41. The van der Waals surface area contributed by atoms with Crippen molar-refractivity contribution in [1.82, 2.24) is 14.4 Å². The van der Waals surface area contributed by atoms with Gasteiger partial charge in [-0.15, -0.1) is 0 Å². The molecule has 0 aliphatic carbocycles. The van der Waals surface area contributed by atoms with E-state index in [1.165, 1.54) is 22.6 Å². The smallest absolute Gasteiger partial charge is 0.255 e. The molecule has 3 aromatic rings. The van der Waals surface area contributed by atoms with E-state index in [2.05, 4.69) is 10.0 Å². The van der Waals surface area contributed by atoms with E-state index >= 15 is 0 Å². The van der Waals surface area contributed by atoms with Crippen molar-refractivity contribution < 1.29 is 17.9 Å². The quantitative estimate of drug-likeness (QED) is 0.390. The molecular weight excluding hydrogens is 432 g/mol. The van der Waals surface area contributed by atoms with Crippen LogP contribution < -0.4 is 26.1 Å². The third kappa shape index (κ3) is 5.94. The Kier molecular flexibility index (Phi) is 7.62. The predicted octanol–water partition coefficient (Wildman–Crippen LogP) is 1.12. The Bertz CT molecular complexity index is 1240. The van der Waals surface area contributed by atoms with Gasteiger partial charge in [0, 0.05) is 29.7 Å². The Morgan fingerprint density at radius 3 is 2.62 bits per heavy atom. The lowest BCUT2D eigenvalue weighted by Gasteiger charge is -2.15. The summed E-state index contributed by atoms with van der Waals surface area (Å²) in [5.74, 6) is 0.0587. The van der Waals surface area contributed by atoms with Crippen LogP contribution in [0.5, 0.6) is 5.75 Å². The van der Waals surface area contributed by atoms with E-state index in [9.17, 15) is 18.0 Å². The standard InChI is InChI=1S/C22H26N4O5S/c1-16(25-32(29,30)20-6-3-2-4-7-20)14-24-22(28)17-12-18-8-9-19(31-11-5-10-23)15-26(18)21(27)13-17/h2-4,6-9,12-13,15-16,25H,5,10-11,14,23H2,1H3,(H,24,28)/t16-/m1/s1. The predicted molar refractivity (Wildman–Crippen MR) is 121 cm³/mol. The van der Waals surface area contributed by atoms with Gasteiger partial charge in [0.05, 0.1) is 17.7 Å². The summed E-state index contributed by atoms with van der Waals surface area (Å²) >= 11 is 0. The van der Waals surface area contributed by atoms with Crippen molar-refractivity contribution in [3.63, 3.8) is 0 Å². The van der Waals surface area contributed by atoms with E-state index in [1.54, 1.807) is 49.5 Å². The highest BCUT2D eigenvalue weighted by atomic mass is 32.2. The summed E-state index contributed by atoms with van der Waals surface area (Å²) in [5, 5.41) is 2.66. The third-order valence-corrected chi connectivity index (χ3v) is 6.24. The fourth-order valence-corrected chi connectivity index (χ4v) is 4.28. The minimum atomic E-state index is -3.69. The van der Waals surface area contributed by atoms with Crippen LogP contribution >= 0.6 is 0 Å². The van der Waals surface area contributed by atoms with Gasteiger partial charge in [-0.05, 0) is 50.2 Å². The van der Waals surface area contributed by atoms with Crippen molar-refractivity contribution >= 4 is 21.4 Å². The molecule has 0 radical (unpaired) electrons. The summed E-state index contributed by atoms with van der Waals surface area (Å²) in [5.41, 5.74) is 5.78. The Morgan fingerprint density at radius 2 is 1.91 bits per heavy atom. The topological polar surface area (TPSA) is 132 Å². The van der Waals surface area contributed by atoms with Gasteiger partial charge >= 0.3 is 0 Å². The van der Waals surface area contributed by atoms with E-state index in [-0.39, 0.29) is 22.6 Å². The molecule has 0 bridgehead atoms. The van der Waals surface area contributed by atoms with Crippen molar-refractivity contribution in [3.05, 3.63) is 76.7 Å². The summed E-state index contributed by atoms with van der Waals surface area (Å²) in [7, 11) is -3.69. The minimum Gasteiger partial charge on any atom is -0.492 e. The Hall–Kier alpha value is -3.21. The van der Waals surface area contributed by atoms with Gasteiger partial charge in [-0.3, -0.25) is 14.0 Å². The van der Waals surface area contributed by atoms with Crippen molar-refractivity contribution in [1.29, 1.82) is 0 Å². The van der Waals surface area contributed by atoms with E-state index in [1.807, 2.05) is 0 Å². The molecule has 4 N–H and O–H groups in total. The molecule has 0 saturated carbocycles. The average Bonchev–Trinajstić information content (AvgIpc) is 2.78. The van der Waals surface area contributed by atoms with E-state index in [0.717, 1.165) is 0 Å². The number of amides is 1. The molecule has 1 amide bonds. The van der Waals surface area contributed by atoms with Gasteiger partial charge in [-0.25, -0.2) is 13.1 Å². The first kappa shape index (κ1) is 23.5. The van der Waals surface area contributed by atoms with Crippen LogP contribution in [0.4, 0.5) is 0 Å². The van der Waals surface area contributed by atoms with Crippen LogP contribution in [0, 0.1) is 0 Å². The molecule has 0 saturated heterocycles. The molecule has 3 rings (SSSR count). The number of pyridine rings is 2. The summed E-state index contributed by atoms with van der Waals surface area (Å²) in [6.07, 6.45) is 2.27. The molecule has 0 fully saturated rings. The Balaban J connectivity index is 1.65. The van der Waals surface area contributed by atoms with Crippen LogP contribution in [0.3, 0.4) is 0 Å². The zero-order valence-electron chi connectivity index (χ0n) is 17.7. The summed E-state index contributed by atoms with van der Waals surface area (Å²) in [4.78, 5) is 25.2. The average molecular weight is 459 g/mol. The number of carbonyl (C=O) groups excluding carboxylic acids is 1. The van der Waals surface area contributed by atoms with Gasteiger partial charge in [0.1, 0.15) is 5.75 Å². The lowest BCUT2D eigenvalue weighted by molar-refractivity contribution is 0.0951. The number of nitrogens with zero attached hydrogens (tertiary/aromatic N) is 1. The number of benzene rings is 1. The zero-order valence-corrected chi connectivity index (χ0v) is 18.5. The first-order chi connectivity index (χ1) is 15.3. The van der Waals surface area contributed by atoms with Gasteiger partial charge in [-0.1, -0.05) is 18.2 Å². The molecule has 10 heteroatoms. The van der Waals surface area contributed by atoms with E-state index < -0.39 is 22.0 Å². The number of hydrogen-bond acceptors (Lipinski definition) is 6. The molecule has 32 heavy (non-hydrogen) atoms. The highest BCUT2D eigenvalue weighted by molar-refractivity contribution is 7.89. The number of aromatic nitrogens is 1. The Labute approximate surface area is 186 Å². The van der Waals surface area contributed by atoms with E-state index in [4.69, 9.17) is 10.5 Å². The van der Waals surface area contributed by atoms with Crippen molar-refractivity contribution in [2.24, 2.45) is 5.73 Å². The molecular formula is C22H26N4O5S. The molecule has 9 nitrogen and oxygen atoms in total. The van der Waals surface area contributed by atoms with Crippen molar-refractivity contribution in [2.75, 3.05) is 19.7 Å². The molecule has 2 heterocycles. The van der Waals surface area contributed by atoms with Crippen molar-refractivity contribution in [2.45, 2.75) is 24.3 Å². The van der Waals surface area contributed by atoms with Crippen LogP contribution in [0.25, 0.3) is 5.52 Å². The molecule has 2 aromatic heterocycles. The highest BCUT2D eigenvalue weighted by Gasteiger charge is 2.18. The largest absolute Gasteiger partial charge is 0.492 e. The summed E-state index contributed by atoms with van der Waals surface area (Å²) < 4.78 is 34.2. The van der Waals surface area contributed by atoms with Gasteiger partial charge in [0.25, 0.3) is 11.5 Å². The number of sulfonamides is 1. The highest BCUT2D eigenvalue weighted by Crippen LogP contribution is 2.13. The van der Waals surface area contributed by atoms with Crippen LogP contribution in [0.2, 0.25) is 0 Å². The number of nitrogens with one attached hydrogen (secondary N) is 2. The first-order valence-corrected chi connectivity index (χ1v) is 11.6. The normalized spacial score (nSPS) is 12.4.